The highest BCUT2D eigenvalue weighted by Crippen LogP contribution is 2.21. The van der Waals surface area contributed by atoms with E-state index in [-0.39, 0.29) is 12.1 Å². The normalized spacial score (nSPS) is 17.6. The molecule has 0 aromatic carbocycles. The number of rotatable bonds is 5. The predicted molar refractivity (Wildman–Crippen MR) is 51.5 cm³/mol. The van der Waals surface area contributed by atoms with Crippen molar-refractivity contribution in [3.63, 3.8) is 0 Å². The molecule has 0 unspecified atom stereocenters. The van der Waals surface area contributed by atoms with E-state index < -0.39 is 0 Å². The number of nitrogens with one attached hydrogen (secondary N) is 1. The molecule has 0 heterocycles. The Morgan fingerprint density at radius 2 is 2.15 bits per heavy atom. The van der Waals surface area contributed by atoms with Crippen LogP contribution in [0.5, 0.6) is 0 Å². The van der Waals surface area contributed by atoms with Gasteiger partial charge in [-0.25, -0.2) is 0 Å². The molecule has 0 aliphatic heterocycles. The van der Waals surface area contributed by atoms with E-state index in [0.717, 1.165) is 25.8 Å². The van der Waals surface area contributed by atoms with Crippen molar-refractivity contribution >= 4 is 5.97 Å². The lowest BCUT2D eigenvalue weighted by molar-refractivity contribution is -0.148. The molecule has 13 heavy (non-hydrogen) atoms. The fourth-order valence-corrected chi connectivity index (χ4v) is 1.66. The van der Waals surface area contributed by atoms with E-state index in [2.05, 4.69) is 5.32 Å². The molecule has 0 saturated heterocycles. The van der Waals surface area contributed by atoms with Gasteiger partial charge in [0.25, 0.3) is 0 Å². The topological polar surface area (TPSA) is 38.3 Å². The van der Waals surface area contributed by atoms with Gasteiger partial charge in [-0.15, -0.1) is 0 Å². The summed E-state index contributed by atoms with van der Waals surface area (Å²) in [4.78, 5) is 11.2. The van der Waals surface area contributed by atoms with Gasteiger partial charge in [-0.1, -0.05) is 0 Å². The molecule has 1 N–H and O–H groups in total. The molecule has 0 aromatic heterocycles. The molecule has 1 saturated carbocycles. The summed E-state index contributed by atoms with van der Waals surface area (Å²) in [6, 6.07) is 0. The number of carbonyl (C=O) groups is 1. The van der Waals surface area contributed by atoms with Crippen molar-refractivity contribution in [2.75, 3.05) is 13.6 Å². The van der Waals surface area contributed by atoms with Crippen LogP contribution < -0.4 is 5.32 Å². The standard InChI is InChI=1S/C10H19NO2/c1-11-8-4-7-10(12)13-9-5-2-3-6-9/h9,11H,2-8H2,1H3. The summed E-state index contributed by atoms with van der Waals surface area (Å²) >= 11 is 0. The molecule has 0 amide bonds. The van der Waals surface area contributed by atoms with Crippen molar-refractivity contribution in [2.45, 2.75) is 44.6 Å². The zero-order chi connectivity index (χ0) is 9.52. The van der Waals surface area contributed by atoms with E-state index in [9.17, 15) is 4.79 Å². The molecule has 0 bridgehead atoms. The van der Waals surface area contributed by atoms with Gasteiger partial charge in [-0.05, 0) is 45.7 Å². The molecular formula is C10H19NO2. The molecular weight excluding hydrogens is 166 g/mol. The summed E-state index contributed by atoms with van der Waals surface area (Å²) in [5.41, 5.74) is 0. The monoisotopic (exact) mass is 185 g/mol. The smallest absolute Gasteiger partial charge is 0.306 e. The first-order chi connectivity index (χ1) is 6.33. The Kier molecular flexibility index (Phi) is 4.83. The molecule has 0 aromatic rings. The first-order valence-electron chi connectivity index (χ1n) is 5.17. The predicted octanol–water partition coefficient (Wildman–Crippen LogP) is 1.47. The Hall–Kier alpha value is -0.570. The molecule has 3 nitrogen and oxygen atoms in total. The Bertz CT molecular complexity index is 153. The van der Waals surface area contributed by atoms with Crippen LogP contribution in [0, 0.1) is 0 Å². The summed E-state index contributed by atoms with van der Waals surface area (Å²) in [5, 5.41) is 3.01. The van der Waals surface area contributed by atoms with E-state index in [1.54, 1.807) is 0 Å². The molecule has 0 atom stereocenters. The highest BCUT2D eigenvalue weighted by Gasteiger charge is 2.18. The average Bonchev–Trinajstić information content (AvgIpc) is 2.57. The Balaban J connectivity index is 2.02. The molecule has 1 aliphatic carbocycles. The van der Waals surface area contributed by atoms with Gasteiger partial charge in [0, 0.05) is 6.42 Å². The molecule has 1 aliphatic rings. The van der Waals surface area contributed by atoms with Gasteiger partial charge in [-0.2, -0.15) is 0 Å². The van der Waals surface area contributed by atoms with Crippen LogP contribution in [0.1, 0.15) is 38.5 Å². The fourth-order valence-electron chi connectivity index (χ4n) is 1.66. The Labute approximate surface area is 79.8 Å². The Morgan fingerprint density at radius 1 is 1.46 bits per heavy atom. The van der Waals surface area contributed by atoms with Gasteiger partial charge in [0.2, 0.25) is 0 Å². The third-order valence-corrected chi connectivity index (χ3v) is 2.41. The first kappa shape index (κ1) is 10.5. The summed E-state index contributed by atoms with van der Waals surface area (Å²) in [7, 11) is 1.89. The highest BCUT2D eigenvalue weighted by atomic mass is 16.5. The van der Waals surface area contributed by atoms with Gasteiger partial charge < -0.3 is 10.1 Å². The fraction of sp³-hybridized carbons (Fsp3) is 0.900. The third kappa shape index (κ3) is 4.27. The number of hydrogen-bond donors (Lipinski definition) is 1. The first-order valence-corrected chi connectivity index (χ1v) is 5.17. The maximum Gasteiger partial charge on any atom is 0.306 e. The van der Waals surface area contributed by atoms with Crippen LogP contribution in [0.3, 0.4) is 0 Å². The van der Waals surface area contributed by atoms with E-state index >= 15 is 0 Å². The van der Waals surface area contributed by atoms with Crippen molar-refractivity contribution in [3.05, 3.63) is 0 Å². The van der Waals surface area contributed by atoms with Gasteiger partial charge in [0.15, 0.2) is 0 Å². The molecule has 3 heteroatoms. The quantitative estimate of drug-likeness (QED) is 0.520. The summed E-state index contributed by atoms with van der Waals surface area (Å²) < 4.78 is 5.29. The summed E-state index contributed by atoms with van der Waals surface area (Å²) in [5.74, 6) is -0.0258. The lowest BCUT2D eigenvalue weighted by atomic mass is 10.3. The molecule has 0 radical (unpaired) electrons. The second-order valence-corrected chi connectivity index (χ2v) is 3.60. The van der Waals surface area contributed by atoms with Gasteiger partial charge in [0.05, 0.1) is 0 Å². The van der Waals surface area contributed by atoms with Crippen molar-refractivity contribution < 1.29 is 9.53 Å². The van der Waals surface area contributed by atoms with Crippen LogP contribution in [0.15, 0.2) is 0 Å². The largest absolute Gasteiger partial charge is 0.462 e. The van der Waals surface area contributed by atoms with Crippen LogP contribution in [0.25, 0.3) is 0 Å². The molecule has 76 valence electrons. The van der Waals surface area contributed by atoms with Crippen LogP contribution in [0.2, 0.25) is 0 Å². The van der Waals surface area contributed by atoms with Crippen molar-refractivity contribution in [1.82, 2.24) is 5.32 Å². The van der Waals surface area contributed by atoms with Crippen LogP contribution >= 0.6 is 0 Å². The second kappa shape index (κ2) is 5.97. The number of carbonyl (C=O) groups excluding carboxylic acids is 1. The van der Waals surface area contributed by atoms with Gasteiger partial charge in [0.1, 0.15) is 6.10 Å². The highest BCUT2D eigenvalue weighted by molar-refractivity contribution is 5.69. The molecule has 1 fully saturated rings. The van der Waals surface area contributed by atoms with Crippen molar-refractivity contribution in [3.8, 4) is 0 Å². The van der Waals surface area contributed by atoms with E-state index in [1.165, 1.54) is 12.8 Å². The number of esters is 1. The van der Waals surface area contributed by atoms with E-state index in [0.29, 0.717) is 6.42 Å². The maximum atomic E-state index is 11.2. The minimum Gasteiger partial charge on any atom is -0.462 e. The number of hydrogen-bond acceptors (Lipinski definition) is 3. The van der Waals surface area contributed by atoms with Crippen LogP contribution in [-0.4, -0.2) is 25.7 Å². The number of ether oxygens (including phenoxy) is 1. The Morgan fingerprint density at radius 3 is 2.77 bits per heavy atom. The zero-order valence-corrected chi connectivity index (χ0v) is 8.34. The average molecular weight is 185 g/mol. The van der Waals surface area contributed by atoms with Crippen LogP contribution in [0.4, 0.5) is 0 Å². The molecule has 1 rings (SSSR count). The summed E-state index contributed by atoms with van der Waals surface area (Å²) in [6.45, 7) is 0.889. The van der Waals surface area contributed by atoms with Gasteiger partial charge >= 0.3 is 5.97 Å². The lowest BCUT2D eigenvalue weighted by Crippen LogP contribution is -2.16. The van der Waals surface area contributed by atoms with Gasteiger partial charge in [-0.3, -0.25) is 4.79 Å². The third-order valence-electron chi connectivity index (χ3n) is 2.41. The van der Waals surface area contributed by atoms with Crippen molar-refractivity contribution in [1.29, 1.82) is 0 Å². The van der Waals surface area contributed by atoms with E-state index in [1.807, 2.05) is 7.05 Å². The van der Waals surface area contributed by atoms with Crippen LogP contribution in [-0.2, 0) is 9.53 Å². The lowest BCUT2D eigenvalue weighted by Gasteiger charge is -2.10. The second-order valence-electron chi connectivity index (χ2n) is 3.60. The van der Waals surface area contributed by atoms with E-state index in [4.69, 9.17) is 4.74 Å². The maximum absolute atomic E-state index is 11.2. The minimum absolute atomic E-state index is 0.0258. The SMILES string of the molecule is CNCCCC(=O)OC1CCCC1. The molecule has 0 spiro atoms. The zero-order valence-electron chi connectivity index (χ0n) is 8.34. The summed E-state index contributed by atoms with van der Waals surface area (Å²) in [6.07, 6.45) is 6.22. The minimum atomic E-state index is -0.0258. The van der Waals surface area contributed by atoms with Crippen molar-refractivity contribution in [2.24, 2.45) is 0 Å².